The van der Waals surface area contributed by atoms with Crippen LogP contribution in [0.25, 0.3) is 11.0 Å². The lowest BCUT2D eigenvalue weighted by molar-refractivity contribution is -0.149. The molecule has 3 aromatic rings. The topological polar surface area (TPSA) is 131 Å². The lowest BCUT2D eigenvalue weighted by Crippen LogP contribution is -2.43. The third-order valence-corrected chi connectivity index (χ3v) is 6.05. The van der Waals surface area contributed by atoms with Gasteiger partial charge >= 0.3 is 5.97 Å². The lowest BCUT2D eigenvalue weighted by Gasteiger charge is -2.29. The van der Waals surface area contributed by atoms with Gasteiger partial charge in [0.1, 0.15) is 18.1 Å². The third kappa shape index (κ3) is 5.91. The number of amidine groups is 1. The molecule has 1 amide bonds. The number of rotatable bonds is 8. The molecule has 36 heavy (non-hydrogen) atoms. The highest BCUT2D eigenvalue weighted by atomic mass is 35.5. The molecule has 0 aliphatic heterocycles. The van der Waals surface area contributed by atoms with Gasteiger partial charge in [0, 0.05) is 26.1 Å². The monoisotopic (exact) mass is 513 g/mol. The fourth-order valence-corrected chi connectivity index (χ4v) is 3.96. The molecule has 0 fully saturated rings. The van der Waals surface area contributed by atoms with Crippen LogP contribution >= 0.6 is 12.4 Å². The standard InChI is InChI=1S/C26H31N5O4.ClH/c1-6-35-22(32)15-30(4)25(34)26(2,3)18-11-12-21-19(14-18)29-20(24(33)31(21)5)13-16-7-9-17(10-8-16)23(27)28;/h7-12,14H,6,13,15H2,1-5H3,(H3,27,28);1H. The molecule has 3 rings (SSSR count). The SMILES string of the molecule is CCOC(=O)CN(C)C(=O)C(C)(C)c1ccc2c(c1)nc(Cc1ccc(C(=N)N)cc1)c(=O)n2C.Cl. The first-order valence-electron chi connectivity index (χ1n) is 11.3. The smallest absolute Gasteiger partial charge is 0.325 e. The molecule has 2 aromatic carbocycles. The van der Waals surface area contributed by atoms with Crippen LogP contribution in [-0.2, 0) is 33.2 Å². The number of nitrogens with zero attached hydrogens (tertiary/aromatic N) is 3. The minimum atomic E-state index is -0.936. The van der Waals surface area contributed by atoms with Crippen LogP contribution in [0.3, 0.4) is 0 Å². The lowest BCUT2D eigenvalue weighted by atomic mass is 9.83. The van der Waals surface area contributed by atoms with E-state index in [2.05, 4.69) is 4.98 Å². The van der Waals surface area contributed by atoms with Gasteiger partial charge in [0.25, 0.3) is 5.56 Å². The maximum absolute atomic E-state index is 13.2. The molecule has 0 spiro atoms. The number of aryl methyl sites for hydroxylation is 1. The number of ether oxygens (including phenoxy) is 1. The zero-order chi connectivity index (χ0) is 25.9. The molecule has 1 heterocycles. The molecular weight excluding hydrogens is 482 g/mol. The summed E-state index contributed by atoms with van der Waals surface area (Å²) in [6.07, 6.45) is 0.315. The molecule has 0 saturated heterocycles. The van der Waals surface area contributed by atoms with E-state index in [0.717, 1.165) is 5.56 Å². The summed E-state index contributed by atoms with van der Waals surface area (Å²) in [4.78, 5) is 43.9. The average Bonchev–Trinajstić information content (AvgIpc) is 2.81. The normalized spacial score (nSPS) is 11.0. The Labute approximate surface area is 216 Å². The first-order valence-corrected chi connectivity index (χ1v) is 11.3. The number of esters is 1. The summed E-state index contributed by atoms with van der Waals surface area (Å²) in [6.45, 7) is 5.41. The minimum absolute atomic E-state index is 0. The molecule has 0 aliphatic carbocycles. The van der Waals surface area contributed by atoms with E-state index in [0.29, 0.717) is 34.3 Å². The van der Waals surface area contributed by atoms with Gasteiger partial charge in [-0.25, -0.2) is 4.98 Å². The Morgan fingerprint density at radius 2 is 1.81 bits per heavy atom. The van der Waals surface area contributed by atoms with Gasteiger partial charge in [-0.05, 0) is 44.0 Å². The van der Waals surface area contributed by atoms with Crippen molar-refractivity contribution in [2.45, 2.75) is 32.6 Å². The van der Waals surface area contributed by atoms with Crippen LogP contribution in [-0.4, -0.2) is 52.4 Å². The Morgan fingerprint density at radius 3 is 2.39 bits per heavy atom. The predicted molar refractivity (Wildman–Crippen MR) is 142 cm³/mol. The molecule has 192 valence electrons. The highest BCUT2D eigenvalue weighted by Gasteiger charge is 2.33. The van der Waals surface area contributed by atoms with Crippen LogP contribution in [0.4, 0.5) is 0 Å². The van der Waals surface area contributed by atoms with E-state index < -0.39 is 11.4 Å². The van der Waals surface area contributed by atoms with Crippen LogP contribution in [0.15, 0.2) is 47.3 Å². The van der Waals surface area contributed by atoms with Gasteiger partial charge in [-0.3, -0.25) is 19.8 Å². The van der Waals surface area contributed by atoms with Gasteiger partial charge in [0.15, 0.2) is 0 Å². The zero-order valence-corrected chi connectivity index (χ0v) is 21.9. The number of hydrogen-bond donors (Lipinski definition) is 2. The number of nitrogens with two attached hydrogens (primary N) is 1. The quantitative estimate of drug-likeness (QED) is 0.270. The summed E-state index contributed by atoms with van der Waals surface area (Å²) >= 11 is 0. The summed E-state index contributed by atoms with van der Waals surface area (Å²) in [5, 5.41) is 7.52. The molecular formula is C26H32ClN5O4. The second-order valence-corrected chi connectivity index (χ2v) is 9.00. The zero-order valence-electron chi connectivity index (χ0n) is 21.1. The summed E-state index contributed by atoms with van der Waals surface area (Å²) in [6, 6.07) is 12.5. The number of nitrogen functional groups attached to an aromatic ring is 1. The molecule has 0 unspecified atom stereocenters. The van der Waals surface area contributed by atoms with Gasteiger partial charge < -0.3 is 19.9 Å². The van der Waals surface area contributed by atoms with Crippen LogP contribution in [0.2, 0.25) is 0 Å². The molecule has 0 saturated carbocycles. The fourth-order valence-electron chi connectivity index (χ4n) is 3.96. The van der Waals surface area contributed by atoms with E-state index in [4.69, 9.17) is 15.9 Å². The highest BCUT2D eigenvalue weighted by molar-refractivity contribution is 5.95. The molecule has 0 radical (unpaired) electrons. The Morgan fingerprint density at radius 1 is 1.17 bits per heavy atom. The van der Waals surface area contributed by atoms with Crippen molar-refractivity contribution in [2.75, 3.05) is 20.2 Å². The van der Waals surface area contributed by atoms with Crippen LogP contribution in [0.5, 0.6) is 0 Å². The molecule has 3 N–H and O–H groups in total. The predicted octanol–water partition coefficient (Wildman–Crippen LogP) is 2.53. The second-order valence-electron chi connectivity index (χ2n) is 9.00. The van der Waals surface area contributed by atoms with Crippen LogP contribution in [0.1, 0.15) is 43.2 Å². The average molecular weight is 514 g/mol. The van der Waals surface area contributed by atoms with Crippen LogP contribution in [0, 0.1) is 5.41 Å². The van der Waals surface area contributed by atoms with Crippen molar-refractivity contribution in [3.63, 3.8) is 0 Å². The van der Waals surface area contributed by atoms with Crippen molar-refractivity contribution in [3.8, 4) is 0 Å². The summed E-state index contributed by atoms with van der Waals surface area (Å²) in [5.74, 6) is -0.718. The molecule has 9 nitrogen and oxygen atoms in total. The minimum Gasteiger partial charge on any atom is -0.465 e. The van der Waals surface area contributed by atoms with Crippen molar-refractivity contribution in [3.05, 3.63) is 75.2 Å². The number of amides is 1. The maximum atomic E-state index is 13.2. The van der Waals surface area contributed by atoms with Gasteiger partial charge in [0.2, 0.25) is 5.91 Å². The molecule has 10 heteroatoms. The number of carbonyl (C=O) groups excluding carboxylic acids is 2. The van der Waals surface area contributed by atoms with E-state index in [-0.39, 0.29) is 42.9 Å². The van der Waals surface area contributed by atoms with Gasteiger partial charge in [-0.15, -0.1) is 12.4 Å². The number of nitrogens with one attached hydrogen (secondary N) is 1. The number of fused-ring (bicyclic) bond motifs is 1. The van der Waals surface area contributed by atoms with Gasteiger partial charge in [0.05, 0.1) is 23.1 Å². The summed E-state index contributed by atoms with van der Waals surface area (Å²) in [7, 11) is 3.26. The Hall–Kier alpha value is -3.72. The number of halogens is 1. The van der Waals surface area contributed by atoms with Crippen LogP contribution < -0.4 is 11.3 Å². The largest absolute Gasteiger partial charge is 0.465 e. The van der Waals surface area contributed by atoms with Crippen molar-refractivity contribution in [2.24, 2.45) is 12.8 Å². The fraction of sp³-hybridized carbons (Fsp3) is 0.346. The maximum Gasteiger partial charge on any atom is 0.325 e. The molecule has 0 bridgehead atoms. The summed E-state index contributed by atoms with van der Waals surface area (Å²) < 4.78 is 6.50. The Bertz CT molecular complexity index is 1350. The summed E-state index contributed by atoms with van der Waals surface area (Å²) in [5.41, 5.74) is 8.18. The third-order valence-electron chi connectivity index (χ3n) is 6.05. The van der Waals surface area contributed by atoms with E-state index in [9.17, 15) is 14.4 Å². The van der Waals surface area contributed by atoms with E-state index >= 15 is 0 Å². The number of carbonyl (C=O) groups is 2. The molecule has 0 atom stereocenters. The van der Waals surface area contributed by atoms with Crippen molar-refractivity contribution < 1.29 is 14.3 Å². The van der Waals surface area contributed by atoms with Crippen molar-refractivity contribution >= 4 is 41.2 Å². The second kappa shape index (κ2) is 11.3. The number of likely N-dealkylation sites (N-methyl/N-ethyl adjacent to an activating group) is 1. The highest BCUT2D eigenvalue weighted by Crippen LogP contribution is 2.28. The molecule has 0 aliphatic rings. The van der Waals surface area contributed by atoms with E-state index in [1.54, 1.807) is 63.7 Å². The first kappa shape index (κ1) is 28.5. The number of benzene rings is 2. The van der Waals surface area contributed by atoms with Crippen molar-refractivity contribution in [1.82, 2.24) is 14.5 Å². The Balaban J connectivity index is 0.00000456. The first-order chi connectivity index (χ1) is 16.4. The molecule has 1 aromatic heterocycles. The number of aromatic nitrogens is 2. The number of hydrogen-bond acceptors (Lipinski definition) is 6. The van der Waals surface area contributed by atoms with Gasteiger partial charge in [-0.1, -0.05) is 30.3 Å². The van der Waals surface area contributed by atoms with E-state index in [1.165, 1.54) is 4.90 Å². The van der Waals surface area contributed by atoms with Crippen molar-refractivity contribution in [1.29, 1.82) is 5.41 Å². The Kier molecular flexibility index (Phi) is 8.99. The van der Waals surface area contributed by atoms with E-state index in [1.807, 2.05) is 18.2 Å². The van der Waals surface area contributed by atoms with Gasteiger partial charge in [-0.2, -0.15) is 0 Å².